The minimum Gasteiger partial charge on any atom is -0.458 e. The van der Waals surface area contributed by atoms with Gasteiger partial charge in [-0.15, -0.1) is 0 Å². The van der Waals surface area contributed by atoms with E-state index in [0.29, 0.717) is 0 Å². The summed E-state index contributed by atoms with van der Waals surface area (Å²) in [4.78, 5) is -1.53. The fourth-order valence-corrected chi connectivity index (χ4v) is 2.48. The van der Waals surface area contributed by atoms with Gasteiger partial charge in [-0.2, -0.15) is 4.39 Å². The molecule has 0 unspecified atom stereocenters. The highest BCUT2D eigenvalue weighted by Crippen LogP contribution is 2.35. The van der Waals surface area contributed by atoms with Crippen molar-refractivity contribution in [1.29, 1.82) is 0 Å². The lowest BCUT2D eigenvalue weighted by Gasteiger charge is -2.15. The second-order valence-corrected chi connectivity index (χ2v) is 6.20. The molecule has 108 valence electrons. The Balaban J connectivity index is 3.81. The zero-order valence-corrected chi connectivity index (χ0v) is 10.6. The van der Waals surface area contributed by atoms with Gasteiger partial charge in [0.25, 0.3) is 0 Å². The third-order valence-corrected chi connectivity index (χ3v) is 4.46. The van der Waals surface area contributed by atoms with Crippen molar-refractivity contribution in [2.75, 3.05) is 6.86 Å². The molecule has 0 fully saturated rings. The SMILES string of the molecule is CC(C)S(=O)(=O)c1c(F)c(F)c(F)c(F)c1OCF. The molecule has 0 saturated carbocycles. The number of rotatable bonds is 4. The predicted octanol–water partition coefficient (Wildman–Crippen LogP) is 2.73. The maximum absolute atomic E-state index is 13.5. The first kappa shape index (κ1) is 15.7. The van der Waals surface area contributed by atoms with E-state index in [4.69, 9.17) is 0 Å². The molecular weight excluding hydrogens is 295 g/mol. The molecule has 3 nitrogen and oxygen atoms in total. The van der Waals surface area contributed by atoms with Crippen LogP contribution in [0, 0.1) is 23.3 Å². The van der Waals surface area contributed by atoms with E-state index in [2.05, 4.69) is 4.74 Å². The molecule has 1 aromatic rings. The van der Waals surface area contributed by atoms with Gasteiger partial charge in [-0.25, -0.2) is 26.0 Å². The maximum atomic E-state index is 13.5. The second-order valence-electron chi connectivity index (χ2n) is 3.76. The molecule has 0 aliphatic carbocycles. The fourth-order valence-electron chi connectivity index (χ4n) is 1.26. The molecule has 1 rings (SSSR count). The van der Waals surface area contributed by atoms with Crippen molar-refractivity contribution < 1.29 is 35.1 Å². The van der Waals surface area contributed by atoms with Crippen molar-refractivity contribution >= 4 is 9.84 Å². The zero-order chi connectivity index (χ0) is 15.0. The van der Waals surface area contributed by atoms with Crippen molar-refractivity contribution in [3.05, 3.63) is 23.3 Å². The molecule has 0 heterocycles. The third kappa shape index (κ3) is 2.51. The standard InChI is InChI=1S/C10H9F5O3S/c1-4(2)19(16,17)10-8(15)6(13)5(12)7(14)9(10)18-3-11/h4H,3H2,1-2H3. The number of alkyl halides is 1. The van der Waals surface area contributed by atoms with E-state index in [9.17, 15) is 30.4 Å². The van der Waals surface area contributed by atoms with Crippen LogP contribution in [0.15, 0.2) is 4.90 Å². The maximum Gasteiger partial charge on any atom is 0.228 e. The molecule has 0 aliphatic rings. The fraction of sp³-hybridized carbons (Fsp3) is 0.400. The molecule has 0 radical (unpaired) electrons. The van der Waals surface area contributed by atoms with Gasteiger partial charge in [-0.3, -0.25) is 0 Å². The molecule has 0 aromatic heterocycles. The molecular formula is C10H9F5O3S. The predicted molar refractivity (Wildman–Crippen MR) is 55.2 cm³/mol. The quantitative estimate of drug-likeness (QED) is 0.372. The molecule has 0 aliphatic heterocycles. The zero-order valence-electron chi connectivity index (χ0n) is 9.81. The summed E-state index contributed by atoms with van der Waals surface area (Å²) in [5.74, 6) is -10.3. The summed E-state index contributed by atoms with van der Waals surface area (Å²) in [5.41, 5.74) is 0. The summed E-state index contributed by atoms with van der Waals surface area (Å²) >= 11 is 0. The second kappa shape index (κ2) is 5.32. The Labute approximate surface area is 105 Å². The summed E-state index contributed by atoms with van der Waals surface area (Å²) in [7, 11) is -4.54. The van der Waals surface area contributed by atoms with Gasteiger partial charge in [0.1, 0.15) is 0 Å². The summed E-state index contributed by atoms with van der Waals surface area (Å²) in [6.45, 7) is 0.475. The summed E-state index contributed by atoms with van der Waals surface area (Å²) in [6, 6.07) is 0. The number of ether oxygens (including phenoxy) is 1. The van der Waals surface area contributed by atoms with E-state index >= 15 is 0 Å². The molecule has 19 heavy (non-hydrogen) atoms. The Morgan fingerprint density at radius 2 is 1.47 bits per heavy atom. The van der Waals surface area contributed by atoms with Crippen LogP contribution in [-0.4, -0.2) is 20.5 Å². The van der Waals surface area contributed by atoms with Gasteiger partial charge >= 0.3 is 0 Å². The molecule has 0 bridgehead atoms. The van der Waals surface area contributed by atoms with Gasteiger partial charge in [-0.05, 0) is 13.8 Å². The largest absolute Gasteiger partial charge is 0.458 e. The van der Waals surface area contributed by atoms with Crippen LogP contribution in [0.3, 0.4) is 0 Å². The van der Waals surface area contributed by atoms with Gasteiger partial charge < -0.3 is 4.74 Å². The normalized spacial score (nSPS) is 12.0. The number of halogens is 5. The minimum absolute atomic E-state index is 1.10. The van der Waals surface area contributed by atoms with Crippen LogP contribution >= 0.6 is 0 Å². The molecule has 9 heteroatoms. The highest BCUT2D eigenvalue weighted by molar-refractivity contribution is 7.92. The van der Waals surface area contributed by atoms with Crippen LogP contribution in [0.4, 0.5) is 22.0 Å². The number of sulfone groups is 1. The van der Waals surface area contributed by atoms with E-state index in [1.54, 1.807) is 0 Å². The van der Waals surface area contributed by atoms with E-state index in [0.717, 1.165) is 13.8 Å². The molecule has 0 amide bonds. The Bertz CT molecular complexity index is 598. The molecule has 0 saturated heterocycles. The van der Waals surface area contributed by atoms with Gasteiger partial charge in [0.2, 0.25) is 18.5 Å². The van der Waals surface area contributed by atoms with Crippen LogP contribution in [0.25, 0.3) is 0 Å². The number of hydrogen-bond acceptors (Lipinski definition) is 3. The van der Waals surface area contributed by atoms with E-state index < -0.39 is 55.9 Å². The first-order chi connectivity index (χ1) is 8.66. The Kier molecular flexibility index (Phi) is 4.39. The summed E-state index contributed by atoms with van der Waals surface area (Å²) in [5, 5.41) is -1.27. The smallest absolute Gasteiger partial charge is 0.228 e. The van der Waals surface area contributed by atoms with Crippen LogP contribution in [0.5, 0.6) is 5.75 Å². The first-order valence-electron chi connectivity index (χ1n) is 4.94. The highest BCUT2D eigenvalue weighted by Gasteiger charge is 2.35. The van der Waals surface area contributed by atoms with Crippen molar-refractivity contribution in [3.8, 4) is 5.75 Å². The average molecular weight is 304 g/mol. The van der Waals surface area contributed by atoms with Crippen LogP contribution in [0.1, 0.15) is 13.8 Å². The van der Waals surface area contributed by atoms with Crippen molar-refractivity contribution in [1.82, 2.24) is 0 Å². The van der Waals surface area contributed by atoms with Gasteiger partial charge in [0.05, 0.1) is 5.25 Å². The number of hydrogen-bond donors (Lipinski definition) is 0. The average Bonchev–Trinajstić information content (AvgIpc) is 2.33. The van der Waals surface area contributed by atoms with Crippen LogP contribution < -0.4 is 4.74 Å². The van der Waals surface area contributed by atoms with Crippen molar-refractivity contribution in [2.24, 2.45) is 0 Å². The lowest BCUT2D eigenvalue weighted by Crippen LogP contribution is -2.19. The topological polar surface area (TPSA) is 43.4 Å². The minimum atomic E-state index is -4.54. The van der Waals surface area contributed by atoms with E-state index in [1.807, 2.05) is 0 Å². The van der Waals surface area contributed by atoms with Crippen molar-refractivity contribution in [2.45, 2.75) is 24.0 Å². The van der Waals surface area contributed by atoms with E-state index in [-0.39, 0.29) is 0 Å². The molecule has 0 spiro atoms. The van der Waals surface area contributed by atoms with Crippen LogP contribution in [0.2, 0.25) is 0 Å². The Morgan fingerprint density at radius 3 is 1.89 bits per heavy atom. The lowest BCUT2D eigenvalue weighted by molar-refractivity contribution is 0.173. The van der Waals surface area contributed by atoms with Gasteiger partial charge in [-0.1, -0.05) is 0 Å². The molecule has 1 aromatic carbocycles. The van der Waals surface area contributed by atoms with E-state index in [1.165, 1.54) is 0 Å². The molecule has 0 atom stereocenters. The summed E-state index contributed by atoms with van der Waals surface area (Å²) < 4.78 is 92.4. The molecule has 0 N–H and O–H groups in total. The van der Waals surface area contributed by atoms with Crippen LogP contribution in [-0.2, 0) is 9.84 Å². The Hall–Kier alpha value is -1.38. The summed E-state index contributed by atoms with van der Waals surface area (Å²) in [6.07, 6.45) is 0. The monoisotopic (exact) mass is 304 g/mol. The van der Waals surface area contributed by atoms with Crippen molar-refractivity contribution in [3.63, 3.8) is 0 Å². The first-order valence-corrected chi connectivity index (χ1v) is 6.49. The Morgan fingerprint density at radius 1 is 1.00 bits per heavy atom. The van der Waals surface area contributed by atoms with Gasteiger partial charge in [0.15, 0.2) is 32.1 Å². The third-order valence-electron chi connectivity index (χ3n) is 2.29. The lowest BCUT2D eigenvalue weighted by atomic mass is 10.3. The van der Waals surface area contributed by atoms with Gasteiger partial charge in [0, 0.05) is 0 Å². The highest BCUT2D eigenvalue weighted by atomic mass is 32.2. The number of benzene rings is 1.